The molecule has 2 unspecified atom stereocenters. The first-order chi connectivity index (χ1) is 6.02. The van der Waals surface area contributed by atoms with Crippen molar-refractivity contribution >= 4 is 11.7 Å². The molecule has 72 valence electrons. The number of hydrazone groups is 1. The molecule has 0 bridgehead atoms. The maximum absolute atomic E-state index is 10.4. The first kappa shape index (κ1) is 9.77. The van der Waals surface area contributed by atoms with Crippen molar-refractivity contribution in [3.8, 4) is 0 Å². The Morgan fingerprint density at radius 1 is 1.54 bits per heavy atom. The van der Waals surface area contributed by atoms with Crippen LogP contribution in [0.2, 0.25) is 0 Å². The van der Waals surface area contributed by atoms with Gasteiger partial charge in [-0.1, -0.05) is 19.4 Å². The third kappa shape index (κ3) is 2.08. The third-order valence-corrected chi connectivity index (χ3v) is 2.61. The van der Waals surface area contributed by atoms with Gasteiger partial charge < -0.3 is 5.73 Å². The minimum atomic E-state index is -0.620. The highest BCUT2D eigenvalue weighted by Crippen LogP contribution is 2.28. The topological polar surface area (TPSA) is 67.5 Å². The monoisotopic (exact) mass is 181 g/mol. The molecule has 4 heteroatoms. The fourth-order valence-corrected chi connectivity index (χ4v) is 1.40. The normalized spacial score (nSPS) is 30.4. The van der Waals surface area contributed by atoms with Crippen LogP contribution >= 0.6 is 0 Å². The van der Waals surface area contributed by atoms with Gasteiger partial charge in [-0.3, -0.25) is 0 Å². The first-order valence-corrected chi connectivity index (χ1v) is 4.33. The molecule has 2 atom stereocenters. The first-order valence-electron chi connectivity index (χ1n) is 4.33. The number of nitrogens with zero attached hydrogens (tertiary/aromatic N) is 1. The maximum Gasteiger partial charge on any atom is 0.332 e. The summed E-state index contributed by atoms with van der Waals surface area (Å²) in [7, 11) is 0. The lowest BCUT2D eigenvalue weighted by Gasteiger charge is -2.11. The van der Waals surface area contributed by atoms with Gasteiger partial charge in [0.05, 0.1) is 5.71 Å². The zero-order chi connectivity index (χ0) is 10.0. The lowest BCUT2D eigenvalue weighted by atomic mass is 9.95. The summed E-state index contributed by atoms with van der Waals surface area (Å²) in [5.41, 5.74) is 9.33. The Labute approximate surface area is 77.9 Å². The number of rotatable bonds is 1. The van der Waals surface area contributed by atoms with E-state index in [1.54, 1.807) is 0 Å². The van der Waals surface area contributed by atoms with Crippen molar-refractivity contribution in [1.82, 2.24) is 5.43 Å². The molecule has 1 aliphatic carbocycles. The van der Waals surface area contributed by atoms with Crippen LogP contribution in [0.1, 0.15) is 20.8 Å². The summed E-state index contributed by atoms with van der Waals surface area (Å²) < 4.78 is 0. The van der Waals surface area contributed by atoms with Gasteiger partial charge >= 0.3 is 6.03 Å². The number of urea groups is 1. The molecule has 13 heavy (non-hydrogen) atoms. The van der Waals surface area contributed by atoms with Crippen LogP contribution in [0.5, 0.6) is 0 Å². The molecular weight excluding hydrogens is 166 g/mol. The Morgan fingerprint density at radius 3 is 2.54 bits per heavy atom. The van der Waals surface area contributed by atoms with Gasteiger partial charge in [-0.15, -0.1) is 0 Å². The van der Waals surface area contributed by atoms with E-state index < -0.39 is 6.03 Å². The second-order valence-electron chi connectivity index (χ2n) is 3.48. The highest BCUT2D eigenvalue weighted by atomic mass is 16.2. The summed E-state index contributed by atoms with van der Waals surface area (Å²) in [4.78, 5) is 10.4. The van der Waals surface area contributed by atoms with Gasteiger partial charge in [0.25, 0.3) is 0 Å². The summed E-state index contributed by atoms with van der Waals surface area (Å²) >= 11 is 0. The molecular formula is C9H15N3O. The number of hydrogen-bond donors (Lipinski definition) is 2. The van der Waals surface area contributed by atoms with Crippen molar-refractivity contribution < 1.29 is 4.79 Å². The second-order valence-corrected chi connectivity index (χ2v) is 3.48. The molecule has 0 fully saturated rings. The number of nitrogens with one attached hydrogen (secondary N) is 1. The van der Waals surface area contributed by atoms with E-state index in [1.165, 1.54) is 5.57 Å². The van der Waals surface area contributed by atoms with Crippen LogP contribution in [0.3, 0.4) is 0 Å². The maximum atomic E-state index is 10.4. The quantitative estimate of drug-likeness (QED) is 0.587. The Balaban J connectivity index is 2.72. The van der Waals surface area contributed by atoms with E-state index in [-0.39, 0.29) is 0 Å². The van der Waals surface area contributed by atoms with Crippen molar-refractivity contribution in [1.29, 1.82) is 0 Å². The molecule has 1 aliphatic rings. The van der Waals surface area contributed by atoms with Gasteiger partial charge in [-0.2, -0.15) is 5.10 Å². The minimum absolute atomic E-state index is 0.354. The van der Waals surface area contributed by atoms with E-state index in [9.17, 15) is 4.79 Å². The lowest BCUT2D eigenvalue weighted by molar-refractivity contribution is 0.249. The fourth-order valence-electron chi connectivity index (χ4n) is 1.40. The van der Waals surface area contributed by atoms with Gasteiger partial charge in [0, 0.05) is 5.92 Å². The number of amides is 2. The van der Waals surface area contributed by atoms with Crippen LogP contribution in [0.25, 0.3) is 0 Å². The molecule has 0 aromatic carbocycles. The van der Waals surface area contributed by atoms with Crippen LogP contribution in [0.15, 0.2) is 16.8 Å². The van der Waals surface area contributed by atoms with Crippen LogP contribution in [0, 0.1) is 11.8 Å². The van der Waals surface area contributed by atoms with Crippen LogP contribution in [0.4, 0.5) is 4.79 Å². The van der Waals surface area contributed by atoms with Crippen LogP contribution in [-0.4, -0.2) is 11.7 Å². The van der Waals surface area contributed by atoms with Crippen molar-refractivity contribution in [3.05, 3.63) is 11.6 Å². The molecule has 0 saturated heterocycles. The summed E-state index contributed by atoms with van der Waals surface area (Å²) in [5, 5.41) is 3.92. The number of carbonyl (C=O) groups is 1. The number of carbonyl (C=O) groups excluding carboxylic acids is 1. The highest BCUT2D eigenvalue weighted by molar-refractivity contribution is 6.00. The molecule has 0 spiro atoms. The SMILES string of the molecule is CC1=C/C(=N\NC(N)=O)C(C)C1C. The molecule has 2 amide bonds. The van der Waals surface area contributed by atoms with Gasteiger partial charge in [-0.05, 0) is 18.9 Å². The van der Waals surface area contributed by atoms with Gasteiger partial charge in [-0.25, -0.2) is 10.2 Å². The van der Waals surface area contributed by atoms with Crippen molar-refractivity contribution in [2.45, 2.75) is 20.8 Å². The van der Waals surface area contributed by atoms with Crippen molar-refractivity contribution in [2.24, 2.45) is 22.7 Å². The minimum Gasteiger partial charge on any atom is -0.350 e. The predicted molar refractivity (Wildman–Crippen MR) is 52.2 cm³/mol. The summed E-state index contributed by atoms with van der Waals surface area (Å²) in [6.07, 6.45) is 1.99. The Hall–Kier alpha value is -1.32. The Bertz CT molecular complexity index is 281. The number of allylic oxidation sites excluding steroid dienone is 2. The van der Waals surface area contributed by atoms with Gasteiger partial charge in [0.2, 0.25) is 0 Å². The largest absolute Gasteiger partial charge is 0.350 e. The molecule has 0 aromatic heterocycles. The van der Waals surface area contributed by atoms with Gasteiger partial charge in [0.1, 0.15) is 0 Å². The second kappa shape index (κ2) is 3.60. The molecule has 0 heterocycles. The molecule has 1 rings (SSSR count). The van der Waals surface area contributed by atoms with Crippen LogP contribution in [-0.2, 0) is 0 Å². The molecule has 0 radical (unpaired) electrons. The Morgan fingerprint density at radius 2 is 2.15 bits per heavy atom. The van der Waals surface area contributed by atoms with E-state index in [0.29, 0.717) is 11.8 Å². The van der Waals surface area contributed by atoms with E-state index in [1.807, 2.05) is 6.08 Å². The zero-order valence-corrected chi connectivity index (χ0v) is 8.16. The Kier molecular flexibility index (Phi) is 2.70. The number of nitrogens with two attached hydrogens (primary N) is 1. The van der Waals surface area contributed by atoms with E-state index in [0.717, 1.165) is 5.71 Å². The molecule has 0 saturated carbocycles. The molecule has 0 aromatic rings. The summed E-state index contributed by atoms with van der Waals surface area (Å²) in [6, 6.07) is -0.620. The van der Waals surface area contributed by atoms with Gasteiger partial charge in [0.15, 0.2) is 0 Å². The zero-order valence-electron chi connectivity index (χ0n) is 8.16. The lowest BCUT2D eigenvalue weighted by Crippen LogP contribution is -2.26. The van der Waals surface area contributed by atoms with Crippen LogP contribution < -0.4 is 11.2 Å². The smallest absolute Gasteiger partial charge is 0.332 e. The van der Waals surface area contributed by atoms with E-state index in [2.05, 4.69) is 31.3 Å². The summed E-state index contributed by atoms with van der Waals surface area (Å²) in [5.74, 6) is 0.847. The van der Waals surface area contributed by atoms with E-state index >= 15 is 0 Å². The molecule has 4 nitrogen and oxygen atoms in total. The van der Waals surface area contributed by atoms with Crippen molar-refractivity contribution in [3.63, 3.8) is 0 Å². The fraction of sp³-hybridized carbons (Fsp3) is 0.556. The number of hydrogen-bond acceptors (Lipinski definition) is 2. The third-order valence-electron chi connectivity index (χ3n) is 2.61. The average molecular weight is 181 g/mol. The predicted octanol–water partition coefficient (Wildman–Crippen LogP) is 1.24. The van der Waals surface area contributed by atoms with E-state index in [4.69, 9.17) is 5.73 Å². The standard InChI is InChI=1S/C9H15N3O/c1-5-4-8(7(3)6(5)2)11-12-9(10)13/h4,6-7H,1-3H3,(H3,10,12,13)/b11-8+. The highest BCUT2D eigenvalue weighted by Gasteiger charge is 2.24. The van der Waals surface area contributed by atoms with Crippen molar-refractivity contribution in [2.75, 3.05) is 0 Å². The molecule has 3 N–H and O–H groups in total. The number of primary amides is 1. The summed E-state index contributed by atoms with van der Waals surface area (Å²) in [6.45, 7) is 6.29. The molecule has 0 aliphatic heterocycles. The average Bonchev–Trinajstić information content (AvgIpc) is 2.29.